The number of anilines is 4. The lowest BCUT2D eigenvalue weighted by atomic mass is 10.2. The number of ether oxygens (including phenoxy) is 1. The Kier molecular flexibility index (Phi) is 7.07. The quantitative estimate of drug-likeness (QED) is 0.533. The molecule has 0 radical (unpaired) electrons. The molecule has 34 heavy (non-hydrogen) atoms. The van der Waals surface area contributed by atoms with Gasteiger partial charge in [0.1, 0.15) is 5.82 Å². The van der Waals surface area contributed by atoms with Crippen molar-refractivity contribution in [2.75, 3.05) is 54.1 Å². The molecule has 0 atom stereocenters. The average molecular weight is 462 g/mol. The van der Waals surface area contributed by atoms with Crippen LogP contribution in [0.15, 0.2) is 61.1 Å². The molecular weight excluding hydrogens is 434 g/mol. The van der Waals surface area contributed by atoms with Crippen LogP contribution in [-0.2, 0) is 0 Å². The number of amides is 4. The number of carbonyl (C=O) groups is 2. The van der Waals surface area contributed by atoms with Crippen LogP contribution in [0, 0.1) is 6.92 Å². The Morgan fingerprint density at radius 3 is 2.41 bits per heavy atom. The van der Waals surface area contributed by atoms with Crippen LogP contribution in [0.2, 0.25) is 0 Å². The summed E-state index contributed by atoms with van der Waals surface area (Å²) in [5.41, 5.74) is 3.16. The highest BCUT2D eigenvalue weighted by molar-refractivity contribution is 6.00. The molecule has 0 aliphatic carbocycles. The normalized spacial score (nSPS) is 13.2. The lowest BCUT2D eigenvalue weighted by Crippen LogP contribution is -2.50. The van der Waals surface area contributed by atoms with E-state index in [4.69, 9.17) is 4.74 Å². The van der Waals surface area contributed by atoms with Gasteiger partial charge in [-0.2, -0.15) is 0 Å². The SMILES string of the molecule is COc1cnccc1NC(=O)Nc1ccc(N2CCN(C(=O)Nc3ncccc3C)CC2)cc1. The second-order valence-corrected chi connectivity index (χ2v) is 7.78. The Balaban J connectivity index is 1.28. The fourth-order valence-electron chi connectivity index (χ4n) is 3.65. The average Bonchev–Trinajstić information content (AvgIpc) is 2.86. The van der Waals surface area contributed by atoms with E-state index in [1.807, 2.05) is 43.3 Å². The first kappa shape index (κ1) is 22.8. The zero-order valence-corrected chi connectivity index (χ0v) is 19.1. The van der Waals surface area contributed by atoms with Crippen LogP contribution in [0.1, 0.15) is 5.56 Å². The van der Waals surface area contributed by atoms with Crippen molar-refractivity contribution in [3.8, 4) is 5.75 Å². The van der Waals surface area contributed by atoms with Crippen molar-refractivity contribution in [3.63, 3.8) is 0 Å². The van der Waals surface area contributed by atoms with E-state index in [1.165, 1.54) is 13.3 Å². The predicted octanol–water partition coefficient (Wildman–Crippen LogP) is 3.79. The van der Waals surface area contributed by atoms with E-state index in [0.29, 0.717) is 49.1 Å². The maximum atomic E-state index is 12.6. The largest absolute Gasteiger partial charge is 0.493 e. The molecule has 1 saturated heterocycles. The number of hydrogen-bond donors (Lipinski definition) is 3. The maximum absolute atomic E-state index is 12.6. The van der Waals surface area contributed by atoms with Gasteiger partial charge in [0.15, 0.2) is 5.75 Å². The summed E-state index contributed by atoms with van der Waals surface area (Å²) in [6.07, 6.45) is 4.78. The van der Waals surface area contributed by atoms with Crippen LogP contribution < -0.4 is 25.6 Å². The van der Waals surface area contributed by atoms with E-state index < -0.39 is 0 Å². The number of carbonyl (C=O) groups excluding carboxylic acids is 2. The summed E-state index contributed by atoms with van der Waals surface area (Å²) in [6.45, 7) is 4.55. The van der Waals surface area contributed by atoms with Gasteiger partial charge in [-0.1, -0.05) is 6.07 Å². The Hall–Kier alpha value is -4.34. The molecule has 0 saturated carbocycles. The first-order valence-electron chi connectivity index (χ1n) is 10.9. The van der Waals surface area contributed by atoms with Crippen molar-refractivity contribution in [2.45, 2.75) is 6.92 Å². The lowest BCUT2D eigenvalue weighted by molar-refractivity contribution is 0.208. The van der Waals surface area contributed by atoms with E-state index in [9.17, 15) is 9.59 Å². The topological polar surface area (TPSA) is 112 Å². The molecule has 3 aromatic rings. The highest BCUT2D eigenvalue weighted by atomic mass is 16.5. The summed E-state index contributed by atoms with van der Waals surface area (Å²) in [6, 6.07) is 12.5. The first-order chi connectivity index (χ1) is 16.5. The van der Waals surface area contributed by atoms with Crippen LogP contribution in [0.3, 0.4) is 0 Å². The number of nitrogens with zero attached hydrogens (tertiary/aromatic N) is 4. The number of rotatable bonds is 5. The van der Waals surface area contributed by atoms with Gasteiger partial charge in [0.25, 0.3) is 0 Å². The molecule has 4 rings (SSSR count). The number of benzene rings is 1. The highest BCUT2D eigenvalue weighted by Gasteiger charge is 2.22. The predicted molar refractivity (Wildman–Crippen MR) is 132 cm³/mol. The Morgan fingerprint density at radius 1 is 0.941 bits per heavy atom. The number of piperazine rings is 1. The third kappa shape index (κ3) is 5.52. The molecular formula is C24H27N7O3. The van der Waals surface area contributed by atoms with Gasteiger partial charge in [0.05, 0.1) is 19.0 Å². The van der Waals surface area contributed by atoms with Gasteiger partial charge in [-0.05, 0) is 48.9 Å². The number of urea groups is 2. The van der Waals surface area contributed by atoms with Crippen LogP contribution in [0.4, 0.5) is 32.5 Å². The molecule has 1 aromatic carbocycles. The molecule has 10 nitrogen and oxygen atoms in total. The Morgan fingerprint density at radius 2 is 1.71 bits per heavy atom. The molecule has 0 spiro atoms. The fraction of sp³-hybridized carbons (Fsp3) is 0.250. The fourth-order valence-corrected chi connectivity index (χ4v) is 3.65. The van der Waals surface area contributed by atoms with Crippen molar-refractivity contribution in [1.29, 1.82) is 0 Å². The minimum atomic E-state index is -0.375. The van der Waals surface area contributed by atoms with E-state index >= 15 is 0 Å². The van der Waals surface area contributed by atoms with Gasteiger partial charge in [0.2, 0.25) is 0 Å². The lowest BCUT2D eigenvalue weighted by Gasteiger charge is -2.36. The third-order valence-electron chi connectivity index (χ3n) is 5.54. The van der Waals surface area contributed by atoms with Gasteiger partial charge in [-0.15, -0.1) is 0 Å². The summed E-state index contributed by atoms with van der Waals surface area (Å²) in [4.78, 5) is 37.1. The highest BCUT2D eigenvalue weighted by Crippen LogP contribution is 2.23. The van der Waals surface area contributed by atoms with E-state index in [-0.39, 0.29) is 12.1 Å². The molecule has 3 heterocycles. The minimum absolute atomic E-state index is 0.141. The molecule has 1 aliphatic rings. The van der Waals surface area contributed by atoms with Gasteiger partial charge in [-0.25, -0.2) is 14.6 Å². The number of aryl methyl sites for hydroxylation is 1. The number of methoxy groups -OCH3 is 1. The van der Waals surface area contributed by atoms with Crippen molar-refractivity contribution >= 4 is 34.9 Å². The van der Waals surface area contributed by atoms with Crippen LogP contribution >= 0.6 is 0 Å². The number of nitrogens with one attached hydrogen (secondary N) is 3. The molecule has 0 bridgehead atoms. The molecule has 1 aliphatic heterocycles. The molecule has 176 valence electrons. The molecule has 4 amide bonds. The molecule has 2 aromatic heterocycles. The summed E-state index contributed by atoms with van der Waals surface area (Å²) in [7, 11) is 1.52. The van der Waals surface area contributed by atoms with Gasteiger partial charge >= 0.3 is 12.1 Å². The van der Waals surface area contributed by atoms with Crippen molar-refractivity contribution in [3.05, 3.63) is 66.6 Å². The van der Waals surface area contributed by atoms with Crippen LogP contribution in [0.25, 0.3) is 0 Å². The van der Waals surface area contributed by atoms with E-state index in [0.717, 1.165) is 11.3 Å². The monoisotopic (exact) mass is 461 g/mol. The summed E-state index contributed by atoms with van der Waals surface area (Å²) in [5, 5.41) is 8.45. The number of pyridine rings is 2. The van der Waals surface area contributed by atoms with Crippen molar-refractivity contribution in [2.24, 2.45) is 0 Å². The number of aromatic nitrogens is 2. The summed E-state index contributed by atoms with van der Waals surface area (Å²) < 4.78 is 5.19. The first-order valence-corrected chi connectivity index (χ1v) is 10.9. The number of hydrogen-bond acceptors (Lipinski definition) is 6. The van der Waals surface area contributed by atoms with Gasteiger partial charge in [-0.3, -0.25) is 10.3 Å². The van der Waals surface area contributed by atoms with Crippen molar-refractivity contribution in [1.82, 2.24) is 14.9 Å². The zero-order valence-electron chi connectivity index (χ0n) is 19.1. The van der Waals surface area contributed by atoms with Crippen LogP contribution in [0.5, 0.6) is 5.75 Å². The minimum Gasteiger partial charge on any atom is -0.493 e. The molecule has 3 N–H and O–H groups in total. The summed E-state index contributed by atoms with van der Waals surface area (Å²) in [5.74, 6) is 1.07. The Labute approximate surface area is 198 Å². The third-order valence-corrected chi connectivity index (χ3v) is 5.54. The Bertz CT molecular complexity index is 1150. The second kappa shape index (κ2) is 10.5. The molecule has 1 fully saturated rings. The second-order valence-electron chi connectivity index (χ2n) is 7.78. The smallest absolute Gasteiger partial charge is 0.323 e. The van der Waals surface area contributed by atoms with Crippen molar-refractivity contribution < 1.29 is 14.3 Å². The zero-order chi connectivity index (χ0) is 23.9. The molecule has 0 unspecified atom stereocenters. The van der Waals surface area contributed by atoms with E-state index in [2.05, 4.69) is 30.8 Å². The molecule has 10 heteroatoms. The van der Waals surface area contributed by atoms with Gasteiger partial charge in [0, 0.05) is 49.9 Å². The maximum Gasteiger partial charge on any atom is 0.323 e. The van der Waals surface area contributed by atoms with Gasteiger partial charge < -0.3 is 25.2 Å². The van der Waals surface area contributed by atoms with Crippen LogP contribution in [-0.4, -0.2) is 60.2 Å². The summed E-state index contributed by atoms with van der Waals surface area (Å²) >= 11 is 0. The van der Waals surface area contributed by atoms with E-state index in [1.54, 1.807) is 23.4 Å². The standard InChI is InChI=1S/C24H27N7O3/c1-17-4-3-10-26-22(17)29-24(33)31-14-12-30(13-15-31)19-7-5-18(6-8-19)27-23(32)28-20-9-11-25-16-21(20)34-2/h3-11,16H,12-15H2,1-2H3,(H,26,29,33)(H2,25,27,28,32).